The van der Waals surface area contributed by atoms with Gasteiger partial charge in [-0.1, -0.05) is 18.2 Å². The topological polar surface area (TPSA) is 78.6 Å². The van der Waals surface area contributed by atoms with Crippen LogP contribution in [0.2, 0.25) is 0 Å². The number of nitrogens with two attached hydrogens (primary N) is 1. The molecule has 0 atom stereocenters. The highest BCUT2D eigenvalue weighted by molar-refractivity contribution is 6.19. The molecule has 1 heterocycles. The molecule has 0 saturated carbocycles. The summed E-state index contributed by atoms with van der Waals surface area (Å²) in [5.41, 5.74) is 7.69. The first-order valence-electron chi connectivity index (χ1n) is 7.60. The van der Waals surface area contributed by atoms with Crippen LogP contribution in [-0.4, -0.2) is 11.9 Å². The van der Waals surface area contributed by atoms with E-state index in [-0.39, 0.29) is 0 Å². The Hall–Kier alpha value is -2.82. The molecule has 0 fully saturated rings. The number of allylic oxidation sites excluding steroid dienone is 3. The van der Waals surface area contributed by atoms with E-state index in [0.29, 0.717) is 35.0 Å². The highest BCUT2D eigenvalue weighted by Gasteiger charge is 2.29. The fourth-order valence-electron chi connectivity index (χ4n) is 3.18. The predicted octanol–water partition coefficient (Wildman–Crippen LogP) is 0.973. The van der Waals surface area contributed by atoms with Crippen molar-refractivity contribution in [1.29, 1.82) is 0 Å². The Balaban J connectivity index is 1.94. The van der Waals surface area contributed by atoms with Crippen molar-refractivity contribution in [3.05, 3.63) is 57.8 Å². The molecule has 0 spiro atoms. The van der Waals surface area contributed by atoms with Gasteiger partial charge in [0.1, 0.15) is 11.5 Å². The molecule has 2 aliphatic carbocycles. The van der Waals surface area contributed by atoms with Crippen molar-refractivity contribution in [2.75, 3.05) is 0 Å². The second-order valence-corrected chi connectivity index (χ2v) is 5.74. The van der Waals surface area contributed by atoms with Crippen LogP contribution in [0.4, 0.5) is 0 Å². The van der Waals surface area contributed by atoms with Gasteiger partial charge in [0.25, 0.3) is 0 Å². The van der Waals surface area contributed by atoms with Crippen LogP contribution in [0, 0.1) is 0 Å². The van der Waals surface area contributed by atoms with E-state index >= 15 is 0 Å². The molecule has 116 valence electrons. The first-order valence-corrected chi connectivity index (χ1v) is 7.60. The maximum absolute atomic E-state index is 12.0. The van der Waals surface area contributed by atoms with Gasteiger partial charge in [0.05, 0.1) is 11.3 Å². The minimum absolute atomic E-state index is 0.416. The lowest BCUT2D eigenvalue weighted by atomic mass is 9.93. The number of esters is 2. The maximum Gasteiger partial charge on any atom is 0.346 e. The Morgan fingerprint density at radius 2 is 1.96 bits per heavy atom. The molecule has 1 aromatic carbocycles. The number of benzene rings is 1. The van der Waals surface area contributed by atoms with Gasteiger partial charge in [-0.25, -0.2) is 9.59 Å². The van der Waals surface area contributed by atoms with E-state index in [0.717, 1.165) is 29.5 Å². The van der Waals surface area contributed by atoms with E-state index in [4.69, 9.17) is 15.2 Å². The van der Waals surface area contributed by atoms with E-state index < -0.39 is 11.9 Å². The average molecular weight is 309 g/mol. The monoisotopic (exact) mass is 309 g/mol. The van der Waals surface area contributed by atoms with Crippen LogP contribution >= 0.6 is 0 Å². The quantitative estimate of drug-likeness (QED) is 0.650. The summed E-state index contributed by atoms with van der Waals surface area (Å²) in [5, 5.41) is 1.42. The number of ether oxygens (including phenoxy) is 2. The molecule has 0 radical (unpaired) electrons. The SMILES string of the molecule is NC1=C(OC2=c3cccc4c3=C(CC2)C(=O)OC4=O)C=CCC1. The van der Waals surface area contributed by atoms with Crippen LogP contribution < -0.4 is 16.2 Å². The van der Waals surface area contributed by atoms with Crippen molar-refractivity contribution in [3.8, 4) is 0 Å². The highest BCUT2D eigenvalue weighted by atomic mass is 16.6. The third-order valence-electron chi connectivity index (χ3n) is 4.32. The molecule has 0 amide bonds. The number of carbonyl (C=O) groups excluding carboxylic acids is 2. The lowest BCUT2D eigenvalue weighted by molar-refractivity contribution is -0.132. The van der Waals surface area contributed by atoms with E-state index in [1.54, 1.807) is 12.1 Å². The molecule has 4 rings (SSSR count). The minimum atomic E-state index is -0.604. The average Bonchev–Trinajstić information content (AvgIpc) is 2.55. The van der Waals surface area contributed by atoms with Gasteiger partial charge in [-0.05, 0) is 31.4 Å². The highest BCUT2D eigenvalue weighted by Crippen LogP contribution is 2.25. The molecule has 23 heavy (non-hydrogen) atoms. The summed E-state index contributed by atoms with van der Waals surface area (Å²) in [4.78, 5) is 23.9. The Bertz CT molecular complexity index is 921. The summed E-state index contributed by atoms with van der Waals surface area (Å²) in [5.74, 6) is 0.230. The largest absolute Gasteiger partial charge is 0.459 e. The van der Waals surface area contributed by atoms with Crippen molar-refractivity contribution < 1.29 is 19.1 Å². The van der Waals surface area contributed by atoms with Crippen LogP contribution in [0.1, 0.15) is 36.0 Å². The lowest BCUT2D eigenvalue weighted by Crippen LogP contribution is -2.43. The minimum Gasteiger partial charge on any atom is -0.459 e. The lowest BCUT2D eigenvalue weighted by Gasteiger charge is -2.22. The van der Waals surface area contributed by atoms with Crippen molar-refractivity contribution >= 4 is 23.3 Å². The van der Waals surface area contributed by atoms with Gasteiger partial charge in [0, 0.05) is 22.4 Å². The number of cyclic esters (lactones) is 2. The number of rotatable bonds is 2. The van der Waals surface area contributed by atoms with E-state index in [1.807, 2.05) is 18.2 Å². The van der Waals surface area contributed by atoms with Crippen LogP contribution in [0.5, 0.6) is 0 Å². The molecule has 5 heteroatoms. The smallest absolute Gasteiger partial charge is 0.346 e. The first-order chi connectivity index (χ1) is 11.1. The van der Waals surface area contributed by atoms with Crippen molar-refractivity contribution in [2.24, 2.45) is 5.73 Å². The van der Waals surface area contributed by atoms with Gasteiger partial charge >= 0.3 is 11.9 Å². The summed E-state index contributed by atoms with van der Waals surface area (Å²) in [6, 6.07) is 5.30. The summed E-state index contributed by atoms with van der Waals surface area (Å²) < 4.78 is 10.8. The van der Waals surface area contributed by atoms with Crippen molar-refractivity contribution in [3.63, 3.8) is 0 Å². The molecule has 2 N–H and O–H groups in total. The molecule has 1 aromatic rings. The van der Waals surface area contributed by atoms with Crippen LogP contribution in [0.25, 0.3) is 11.3 Å². The first kappa shape index (κ1) is 13.8. The van der Waals surface area contributed by atoms with E-state index in [1.165, 1.54) is 0 Å². The van der Waals surface area contributed by atoms with Gasteiger partial charge in [-0.15, -0.1) is 0 Å². The van der Waals surface area contributed by atoms with Gasteiger partial charge < -0.3 is 15.2 Å². The molecule has 3 aliphatic rings. The van der Waals surface area contributed by atoms with Gasteiger partial charge in [0.15, 0.2) is 0 Å². The summed E-state index contributed by atoms with van der Waals surface area (Å²) >= 11 is 0. The van der Waals surface area contributed by atoms with Crippen molar-refractivity contribution in [1.82, 2.24) is 0 Å². The molecule has 1 aliphatic heterocycles. The second-order valence-electron chi connectivity index (χ2n) is 5.74. The molecule has 0 bridgehead atoms. The molecular formula is C18H15NO4. The van der Waals surface area contributed by atoms with Crippen LogP contribution in [-0.2, 0) is 14.3 Å². The summed E-state index contributed by atoms with van der Waals surface area (Å²) in [6.45, 7) is 0. The fourth-order valence-corrected chi connectivity index (χ4v) is 3.18. The summed E-state index contributed by atoms with van der Waals surface area (Å²) in [6.07, 6.45) is 6.64. The predicted molar refractivity (Wildman–Crippen MR) is 82.8 cm³/mol. The normalized spacial score (nSPS) is 19.7. The van der Waals surface area contributed by atoms with E-state index in [2.05, 4.69) is 0 Å². The zero-order chi connectivity index (χ0) is 16.0. The van der Waals surface area contributed by atoms with Gasteiger partial charge in [0.2, 0.25) is 0 Å². The Morgan fingerprint density at radius 1 is 1.09 bits per heavy atom. The third-order valence-corrected chi connectivity index (χ3v) is 4.32. The van der Waals surface area contributed by atoms with Gasteiger partial charge in [-0.3, -0.25) is 0 Å². The van der Waals surface area contributed by atoms with Crippen LogP contribution in [0.3, 0.4) is 0 Å². The maximum atomic E-state index is 12.0. The molecule has 5 nitrogen and oxygen atoms in total. The Kier molecular flexibility index (Phi) is 3.08. The van der Waals surface area contributed by atoms with E-state index in [9.17, 15) is 9.59 Å². The number of hydrogen-bond acceptors (Lipinski definition) is 5. The molecule has 0 unspecified atom stereocenters. The fraction of sp³-hybridized carbons (Fsp3) is 0.222. The Labute approximate surface area is 132 Å². The van der Waals surface area contributed by atoms with Gasteiger partial charge in [-0.2, -0.15) is 0 Å². The van der Waals surface area contributed by atoms with Crippen LogP contribution in [0.15, 0.2) is 41.8 Å². The zero-order valence-electron chi connectivity index (χ0n) is 12.4. The molecular weight excluding hydrogens is 294 g/mol. The number of hydrogen-bond donors (Lipinski definition) is 1. The molecule has 0 saturated heterocycles. The standard InChI is InChI=1S/C18H15NO4/c19-13-6-1-2-7-15(13)22-14-9-8-12-16-10(14)4-3-5-11(16)17(20)23-18(12)21/h2-5,7H,1,6,8-9,19H2. The Morgan fingerprint density at radius 3 is 2.78 bits per heavy atom. The summed E-state index contributed by atoms with van der Waals surface area (Å²) in [7, 11) is 0. The van der Waals surface area contributed by atoms with Crippen molar-refractivity contribution in [2.45, 2.75) is 25.7 Å². The number of carbonyl (C=O) groups is 2. The molecule has 0 aromatic heterocycles. The second kappa shape index (κ2) is 5.12. The zero-order valence-corrected chi connectivity index (χ0v) is 12.4. The third kappa shape index (κ3) is 2.16.